The lowest BCUT2D eigenvalue weighted by Gasteiger charge is -2.07. The van der Waals surface area contributed by atoms with Crippen LogP contribution in [0.3, 0.4) is 0 Å². The predicted octanol–water partition coefficient (Wildman–Crippen LogP) is 2.37. The van der Waals surface area contributed by atoms with Gasteiger partial charge in [0, 0.05) is 18.4 Å². The van der Waals surface area contributed by atoms with Crippen molar-refractivity contribution < 1.29 is 14.7 Å². The van der Waals surface area contributed by atoms with Gasteiger partial charge in [-0.15, -0.1) is 0 Å². The summed E-state index contributed by atoms with van der Waals surface area (Å²) in [6.45, 7) is 1.77. The van der Waals surface area contributed by atoms with Gasteiger partial charge in [0.25, 0.3) is 0 Å². The third-order valence-corrected chi connectivity index (χ3v) is 2.15. The van der Waals surface area contributed by atoms with Crippen molar-refractivity contribution in [2.24, 2.45) is 5.92 Å². The summed E-state index contributed by atoms with van der Waals surface area (Å²) in [6, 6.07) is 8.94. The molecule has 3 heteroatoms. The molecule has 1 aromatic rings. The quantitative estimate of drug-likeness (QED) is 0.752. The van der Waals surface area contributed by atoms with E-state index in [1.165, 1.54) is 0 Å². The van der Waals surface area contributed by atoms with Crippen molar-refractivity contribution >= 4 is 11.8 Å². The number of benzene rings is 1. The Hall–Kier alpha value is -1.64. The van der Waals surface area contributed by atoms with Gasteiger partial charge < -0.3 is 5.11 Å². The van der Waals surface area contributed by atoms with Gasteiger partial charge in [0.05, 0.1) is 0 Å². The zero-order valence-electron chi connectivity index (χ0n) is 8.64. The Labute approximate surface area is 88.7 Å². The smallest absolute Gasteiger partial charge is 0.303 e. The molecule has 0 aromatic heterocycles. The molecule has 0 radical (unpaired) electrons. The van der Waals surface area contributed by atoms with Gasteiger partial charge in [-0.25, -0.2) is 0 Å². The molecule has 0 heterocycles. The van der Waals surface area contributed by atoms with Crippen molar-refractivity contribution in [3.8, 4) is 0 Å². The van der Waals surface area contributed by atoms with Crippen LogP contribution in [-0.4, -0.2) is 16.9 Å². The second-order valence-corrected chi connectivity index (χ2v) is 3.70. The van der Waals surface area contributed by atoms with Crippen LogP contribution < -0.4 is 0 Å². The molecule has 15 heavy (non-hydrogen) atoms. The van der Waals surface area contributed by atoms with Gasteiger partial charge in [0.1, 0.15) is 0 Å². The Morgan fingerprint density at radius 2 is 1.80 bits per heavy atom. The number of Topliss-reactive ketones (excluding diaryl/α,β-unsaturated/α-hetero) is 1. The average Bonchev–Trinajstić information content (AvgIpc) is 2.17. The number of aliphatic carboxylic acids is 1. The van der Waals surface area contributed by atoms with Crippen molar-refractivity contribution in [3.05, 3.63) is 35.9 Å². The molecule has 0 aliphatic rings. The minimum Gasteiger partial charge on any atom is -0.481 e. The van der Waals surface area contributed by atoms with Crippen LogP contribution in [0.25, 0.3) is 0 Å². The largest absolute Gasteiger partial charge is 0.481 e. The van der Waals surface area contributed by atoms with Crippen molar-refractivity contribution in [3.63, 3.8) is 0 Å². The third kappa shape index (κ3) is 3.94. The summed E-state index contributed by atoms with van der Waals surface area (Å²) in [5.74, 6) is -0.970. The van der Waals surface area contributed by atoms with E-state index in [1.807, 2.05) is 6.07 Å². The molecule has 1 aromatic carbocycles. The Morgan fingerprint density at radius 3 is 2.33 bits per heavy atom. The molecule has 0 fully saturated rings. The highest BCUT2D eigenvalue weighted by Gasteiger charge is 2.13. The Kier molecular flexibility index (Phi) is 4.03. The van der Waals surface area contributed by atoms with Crippen LogP contribution in [0, 0.1) is 5.92 Å². The molecular weight excluding hydrogens is 192 g/mol. The number of carboxylic acid groups (broad SMARTS) is 1. The van der Waals surface area contributed by atoms with Gasteiger partial charge in [-0.3, -0.25) is 9.59 Å². The van der Waals surface area contributed by atoms with Crippen LogP contribution in [0.5, 0.6) is 0 Å². The summed E-state index contributed by atoms with van der Waals surface area (Å²) in [5.41, 5.74) is 0.648. The highest BCUT2D eigenvalue weighted by atomic mass is 16.4. The highest BCUT2D eigenvalue weighted by Crippen LogP contribution is 2.12. The van der Waals surface area contributed by atoms with Gasteiger partial charge in [-0.2, -0.15) is 0 Å². The van der Waals surface area contributed by atoms with Crippen LogP contribution in [0.1, 0.15) is 30.1 Å². The van der Waals surface area contributed by atoms with E-state index in [1.54, 1.807) is 31.2 Å². The molecule has 0 aliphatic carbocycles. The van der Waals surface area contributed by atoms with Gasteiger partial charge in [0.15, 0.2) is 5.78 Å². The first kappa shape index (κ1) is 11.4. The third-order valence-electron chi connectivity index (χ3n) is 2.15. The van der Waals surface area contributed by atoms with Crippen LogP contribution in [0.15, 0.2) is 30.3 Å². The van der Waals surface area contributed by atoms with Crippen molar-refractivity contribution in [1.82, 2.24) is 0 Å². The fraction of sp³-hybridized carbons (Fsp3) is 0.333. The summed E-state index contributed by atoms with van der Waals surface area (Å²) >= 11 is 0. The second-order valence-electron chi connectivity index (χ2n) is 3.70. The zero-order chi connectivity index (χ0) is 11.3. The van der Waals surface area contributed by atoms with Gasteiger partial charge in [-0.05, 0) is 5.92 Å². The molecule has 0 saturated carbocycles. The maximum atomic E-state index is 11.6. The highest BCUT2D eigenvalue weighted by molar-refractivity contribution is 5.96. The molecule has 3 nitrogen and oxygen atoms in total. The maximum Gasteiger partial charge on any atom is 0.303 e. The lowest BCUT2D eigenvalue weighted by molar-refractivity contribution is -0.137. The van der Waals surface area contributed by atoms with E-state index >= 15 is 0 Å². The fourth-order valence-electron chi connectivity index (χ4n) is 1.43. The maximum absolute atomic E-state index is 11.6. The number of hydrogen-bond donors (Lipinski definition) is 1. The lowest BCUT2D eigenvalue weighted by Crippen LogP contribution is -2.10. The van der Waals surface area contributed by atoms with Gasteiger partial charge in [0.2, 0.25) is 0 Å². The predicted molar refractivity (Wildman–Crippen MR) is 56.8 cm³/mol. The SMILES string of the molecule is C[C@H](CC(=O)O)CC(=O)c1ccccc1. The molecule has 1 atom stereocenters. The Morgan fingerprint density at radius 1 is 1.20 bits per heavy atom. The van der Waals surface area contributed by atoms with Gasteiger partial charge in [-0.1, -0.05) is 37.3 Å². The molecule has 1 N–H and O–H groups in total. The van der Waals surface area contributed by atoms with Crippen LogP contribution in [0.2, 0.25) is 0 Å². The summed E-state index contributed by atoms with van der Waals surface area (Å²) < 4.78 is 0. The molecular formula is C12H14O3. The number of carbonyl (C=O) groups excluding carboxylic acids is 1. The van der Waals surface area contributed by atoms with E-state index in [2.05, 4.69) is 0 Å². The normalized spacial score (nSPS) is 12.1. The van der Waals surface area contributed by atoms with E-state index in [0.29, 0.717) is 5.56 Å². The van der Waals surface area contributed by atoms with E-state index < -0.39 is 5.97 Å². The first-order valence-corrected chi connectivity index (χ1v) is 4.89. The Bertz CT molecular complexity index is 343. The standard InChI is InChI=1S/C12H14O3/c1-9(8-12(14)15)7-11(13)10-5-3-2-4-6-10/h2-6,9H,7-8H2,1H3,(H,14,15)/t9-/m0/s1. The van der Waals surface area contributed by atoms with Crippen LogP contribution >= 0.6 is 0 Å². The van der Waals surface area contributed by atoms with E-state index in [0.717, 1.165) is 0 Å². The number of carboxylic acids is 1. The first-order chi connectivity index (χ1) is 7.09. The fourth-order valence-corrected chi connectivity index (χ4v) is 1.43. The van der Waals surface area contributed by atoms with E-state index in [9.17, 15) is 9.59 Å². The van der Waals surface area contributed by atoms with Crippen molar-refractivity contribution in [1.29, 1.82) is 0 Å². The number of rotatable bonds is 5. The minimum absolute atomic E-state index is 0.00403. The molecule has 0 unspecified atom stereocenters. The van der Waals surface area contributed by atoms with Gasteiger partial charge >= 0.3 is 5.97 Å². The summed E-state index contributed by atoms with van der Waals surface area (Å²) in [7, 11) is 0. The average molecular weight is 206 g/mol. The molecule has 80 valence electrons. The molecule has 0 saturated heterocycles. The summed E-state index contributed by atoms with van der Waals surface area (Å²) in [4.78, 5) is 22.1. The number of ketones is 1. The lowest BCUT2D eigenvalue weighted by atomic mass is 9.97. The molecule has 0 spiro atoms. The number of carbonyl (C=O) groups is 2. The van der Waals surface area contributed by atoms with Crippen molar-refractivity contribution in [2.75, 3.05) is 0 Å². The van der Waals surface area contributed by atoms with E-state index in [-0.39, 0.29) is 24.5 Å². The molecule has 0 bridgehead atoms. The molecule has 1 rings (SSSR count). The summed E-state index contributed by atoms with van der Waals surface area (Å²) in [6.07, 6.45) is 0.328. The van der Waals surface area contributed by atoms with Crippen molar-refractivity contribution in [2.45, 2.75) is 19.8 Å². The monoisotopic (exact) mass is 206 g/mol. The van der Waals surface area contributed by atoms with Crippen LogP contribution in [-0.2, 0) is 4.79 Å². The van der Waals surface area contributed by atoms with E-state index in [4.69, 9.17) is 5.11 Å². The number of hydrogen-bond acceptors (Lipinski definition) is 2. The molecule has 0 amide bonds. The topological polar surface area (TPSA) is 54.4 Å². The first-order valence-electron chi connectivity index (χ1n) is 4.89. The zero-order valence-corrected chi connectivity index (χ0v) is 8.64. The minimum atomic E-state index is -0.858. The Balaban J connectivity index is 2.53. The van der Waals surface area contributed by atoms with Crippen LogP contribution in [0.4, 0.5) is 0 Å². The molecule has 0 aliphatic heterocycles. The summed E-state index contributed by atoms with van der Waals surface area (Å²) in [5, 5.41) is 8.56. The second kappa shape index (κ2) is 5.29.